The minimum atomic E-state index is 0.148. The van der Waals surface area contributed by atoms with Gasteiger partial charge in [0.2, 0.25) is 5.91 Å². The van der Waals surface area contributed by atoms with Gasteiger partial charge in [0, 0.05) is 19.3 Å². The third-order valence-corrected chi connectivity index (χ3v) is 5.13. The molecule has 0 bridgehead atoms. The summed E-state index contributed by atoms with van der Waals surface area (Å²) in [6.07, 6.45) is 4.16. The van der Waals surface area contributed by atoms with Crippen LogP contribution in [0.2, 0.25) is 0 Å². The molecule has 1 atom stereocenters. The molecular weight excluding hydrogens is 328 g/mol. The molecule has 1 aliphatic heterocycles. The molecule has 1 aromatic carbocycles. The first-order valence-corrected chi connectivity index (χ1v) is 9.28. The van der Waals surface area contributed by atoms with E-state index in [4.69, 9.17) is 4.74 Å². The highest BCUT2D eigenvalue weighted by Crippen LogP contribution is 2.23. The number of carbonyl (C=O) groups excluding carboxylic acids is 1. The summed E-state index contributed by atoms with van der Waals surface area (Å²) in [5.74, 6) is 0.932. The lowest BCUT2D eigenvalue weighted by Crippen LogP contribution is -2.45. The van der Waals surface area contributed by atoms with Crippen LogP contribution < -0.4 is 4.74 Å². The first-order valence-electron chi connectivity index (χ1n) is 9.28. The van der Waals surface area contributed by atoms with Crippen LogP contribution in [-0.2, 0) is 17.8 Å². The second kappa shape index (κ2) is 8.36. The minimum absolute atomic E-state index is 0.148. The van der Waals surface area contributed by atoms with E-state index in [2.05, 4.69) is 28.3 Å². The van der Waals surface area contributed by atoms with Gasteiger partial charge < -0.3 is 19.1 Å². The zero-order valence-electron chi connectivity index (χ0n) is 15.9. The van der Waals surface area contributed by atoms with Crippen molar-refractivity contribution in [1.82, 2.24) is 19.4 Å². The Labute approximate surface area is 155 Å². The summed E-state index contributed by atoms with van der Waals surface area (Å²) >= 11 is 0. The van der Waals surface area contributed by atoms with Gasteiger partial charge in [0.15, 0.2) is 0 Å². The second-order valence-electron chi connectivity index (χ2n) is 6.73. The van der Waals surface area contributed by atoms with Gasteiger partial charge in [-0.2, -0.15) is 0 Å². The fourth-order valence-electron chi connectivity index (χ4n) is 3.57. The maximum Gasteiger partial charge on any atom is 0.227 e. The van der Waals surface area contributed by atoms with Gasteiger partial charge in [-0.25, -0.2) is 4.98 Å². The predicted molar refractivity (Wildman–Crippen MR) is 101 cm³/mol. The highest BCUT2D eigenvalue weighted by atomic mass is 16.5. The Kier molecular flexibility index (Phi) is 5.93. The number of amides is 1. The molecule has 2 aromatic rings. The molecule has 0 N–H and O–H groups in total. The Hall–Kier alpha value is -2.34. The smallest absolute Gasteiger partial charge is 0.227 e. The average Bonchev–Trinajstić information content (AvgIpc) is 3.14. The number of aromatic nitrogens is 2. The molecule has 6 heteroatoms. The average molecular weight is 356 g/mol. The van der Waals surface area contributed by atoms with E-state index in [-0.39, 0.29) is 11.9 Å². The first-order chi connectivity index (χ1) is 12.6. The maximum absolute atomic E-state index is 12.9. The van der Waals surface area contributed by atoms with E-state index < -0.39 is 0 Å². The van der Waals surface area contributed by atoms with Crippen LogP contribution in [0.1, 0.15) is 31.1 Å². The molecule has 26 heavy (non-hydrogen) atoms. The number of carbonyl (C=O) groups is 1. The zero-order valence-corrected chi connectivity index (χ0v) is 15.9. The third kappa shape index (κ3) is 4.07. The highest BCUT2D eigenvalue weighted by molar-refractivity contribution is 5.79. The number of methoxy groups -OCH3 is 1. The van der Waals surface area contributed by atoms with E-state index in [0.717, 1.165) is 43.2 Å². The van der Waals surface area contributed by atoms with Gasteiger partial charge >= 0.3 is 0 Å². The van der Waals surface area contributed by atoms with E-state index in [1.807, 2.05) is 41.7 Å². The van der Waals surface area contributed by atoms with Crippen LogP contribution in [-0.4, -0.2) is 58.5 Å². The fraction of sp³-hybridized carbons (Fsp3) is 0.500. The number of imidazole rings is 1. The molecule has 0 aliphatic carbocycles. The van der Waals surface area contributed by atoms with E-state index in [1.54, 1.807) is 7.11 Å². The molecule has 0 fully saturated rings. The normalized spacial score (nSPS) is 16.6. The monoisotopic (exact) mass is 356 g/mol. The Morgan fingerprint density at radius 3 is 2.88 bits per heavy atom. The van der Waals surface area contributed by atoms with E-state index >= 15 is 0 Å². The lowest BCUT2D eigenvalue weighted by molar-refractivity contribution is -0.132. The number of likely N-dealkylation sites (N-methyl/N-ethyl adjacent to an activating group) is 1. The summed E-state index contributed by atoms with van der Waals surface area (Å²) in [6, 6.07) is 7.97. The largest absolute Gasteiger partial charge is 0.497 e. The Morgan fingerprint density at radius 2 is 2.15 bits per heavy atom. The molecule has 6 nitrogen and oxygen atoms in total. The van der Waals surface area contributed by atoms with E-state index in [0.29, 0.717) is 13.0 Å². The summed E-state index contributed by atoms with van der Waals surface area (Å²) in [5.41, 5.74) is 2.08. The van der Waals surface area contributed by atoms with Crippen molar-refractivity contribution in [2.45, 2.75) is 32.9 Å². The highest BCUT2D eigenvalue weighted by Gasteiger charge is 2.28. The molecule has 0 saturated heterocycles. The lowest BCUT2D eigenvalue weighted by Gasteiger charge is -2.37. The predicted octanol–water partition coefficient (Wildman–Crippen LogP) is 2.36. The molecule has 0 spiro atoms. The van der Waals surface area contributed by atoms with Crippen molar-refractivity contribution in [3.63, 3.8) is 0 Å². The van der Waals surface area contributed by atoms with Gasteiger partial charge in [0.25, 0.3) is 0 Å². The Bertz CT molecular complexity index is 739. The van der Waals surface area contributed by atoms with Gasteiger partial charge in [0.1, 0.15) is 5.75 Å². The molecule has 1 unspecified atom stereocenters. The summed E-state index contributed by atoms with van der Waals surface area (Å²) < 4.78 is 7.49. The zero-order chi connectivity index (χ0) is 18.5. The van der Waals surface area contributed by atoms with Crippen LogP contribution in [0.4, 0.5) is 0 Å². The number of rotatable bonds is 7. The summed E-state index contributed by atoms with van der Waals surface area (Å²) in [5, 5.41) is 0. The van der Waals surface area contributed by atoms with Crippen LogP contribution in [0.3, 0.4) is 0 Å². The lowest BCUT2D eigenvalue weighted by atomic mass is 10.1. The van der Waals surface area contributed by atoms with Crippen molar-refractivity contribution in [3.05, 3.63) is 48.0 Å². The molecule has 1 aromatic heterocycles. The standard InChI is InChI=1S/C20H28N4O2/c1-4-22(5-2)12-18-14-23(13-17-11-21-15-24(17)18)20(25)10-16-7-6-8-19(9-16)26-3/h6-9,11,15,18H,4-5,10,12-14H2,1-3H3. The maximum atomic E-state index is 12.9. The molecule has 1 aliphatic rings. The number of fused-ring (bicyclic) bond motifs is 1. The van der Waals surface area contributed by atoms with Crippen molar-refractivity contribution >= 4 is 5.91 Å². The number of hydrogen-bond acceptors (Lipinski definition) is 4. The van der Waals surface area contributed by atoms with Gasteiger partial charge in [0.05, 0.1) is 38.1 Å². The first kappa shape index (κ1) is 18.5. The van der Waals surface area contributed by atoms with Crippen LogP contribution in [0, 0.1) is 0 Å². The molecular formula is C20H28N4O2. The van der Waals surface area contributed by atoms with Crippen molar-refractivity contribution in [2.24, 2.45) is 0 Å². The molecule has 1 amide bonds. The van der Waals surface area contributed by atoms with Gasteiger partial charge in [-0.05, 0) is 30.8 Å². The van der Waals surface area contributed by atoms with Crippen molar-refractivity contribution in [2.75, 3.05) is 33.3 Å². The topological polar surface area (TPSA) is 50.6 Å². The minimum Gasteiger partial charge on any atom is -0.497 e. The van der Waals surface area contributed by atoms with Crippen LogP contribution in [0.5, 0.6) is 5.75 Å². The number of hydrogen-bond donors (Lipinski definition) is 0. The molecule has 2 heterocycles. The Balaban J connectivity index is 1.73. The number of benzene rings is 1. The van der Waals surface area contributed by atoms with Crippen LogP contribution in [0.25, 0.3) is 0 Å². The molecule has 140 valence electrons. The van der Waals surface area contributed by atoms with Crippen molar-refractivity contribution < 1.29 is 9.53 Å². The van der Waals surface area contributed by atoms with Crippen LogP contribution >= 0.6 is 0 Å². The Morgan fingerprint density at radius 1 is 1.35 bits per heavy atom. The number of ether oxygens (including phenoxy) is 1. The molecule has 0 radical (unpaired) electrons. The molecule has 0 saturated carbocycles. The van der Waals surface area contributed by atoms with Crippen molar-refractivity contribution in [3.8, 4) is 5.75 Å². The summed E-state index contributed by atoms with van der Waals surface area (Å²) in [4.78, 5) is 21.6. The third-order valence-electron chi connectivity index (χ3n) is 5.13. The quantitative estimate of drug-likeness (QED) is 0.764. The second-order valence-corrected chi connectivity index (χ2v) is 6.73. The van der Waals surface area contributed by atoms with Crippen molar-refractivity contribution in [1.29, 1.82) is 0 Å². The summed E-state index contributed by atoms with van der Waals surface area (Å²) in [6.45, 7) is 8.64. The van der Waals surface area contributed by atoms with Crippen LogP contribution in [0.15, 0.2) is 36.8 Å². The van der Waals surface area contributed by atoms with Gasteiger partial charge in [-0.3, -0.25) is 4.79 Å². The molecule has 3 rings (SSSR count). The SMILES string of the molecule is CCN(CC)CC1CN(C(=O)Cc2cccc(OC)c2)Cc2cncn21. The fourth-order valence-corrected chi connectivity index (χ4v) is 3.57. The van der Waals surface area contributed by atoms with Gasteiger partial charge in [-0.1, -0.05) is 26.0 Å². The number of nitrogens with zero attached hydrogens (tertiary/aromatic N) is 4. The van der Waals surface area contributed by atoms with E-state index in [9.17, 15) is 4.79 Å². The van der Waals surface area contributed by atoms with Gasteiger partial charge in [-0.15, -0.1) is 0 Å². The summed E-state index contributed by atoms with van der Waals surface area (Å²) in [7, 11) is 1.64. The van der Waals surface area contributed by atoms with E-state index in [1.165, 1.54) is 0 Å².